The van der Waals surface area contributed by atoms with Crippen LogP contribution in [-0.4, -0.2) is 40.3 Å². The number of aromatic nitrogens is 2. The Morgan fingerprint density at radius 3 is 2.53 bits per heavy atom. The van der Waals surface area contributed by atoms with E-state index in [0.717, 1.165) is 54.1 Å². The number of rotatable bonds is 5. The van der Waals surface area contributed by atoms with Crippen molar-refractivity contribution in [1.29, 1.82) is 0 Å². The molecule has 0 saturated carbocycles. The second-order valence-electron chi connectivity index (χ2n) is 9.47. The molecule has 3 heterocycles. The van der Waals surface area contributed by atoms with E-state index in [-0.39, 0.29) is 12.1 Å². The van der Waals surface area contributed by atoms with Crippen LogP contribution in [0.25, 0.3) is 11.3 Å². The number of carbonyl (C=O) groups excluding carboxylic acids is 1. The molecule has 8 nitrogen and oxygen atoms in total. The number of benzene rings is 3. The fraction of sp³-hybridized carbons (Fsp3) is 0.207. The van der Waals surface area contributed by atoms with Crippen LogP contribution in [-0.2, 0) is 6.54 Å². The zero-order valence-corrected chi connectivity index (χ0v) is 21.4. The lowest BCUT2D eigenvalue weighted by Gasteiger charge is -2.31. The number of fused-ring (bicyclic) bond motifs is 3. The fourth-order valence-electron chi connectivity index (χ4n) is 4.90. The first-order valence-corrected chi connectivity index (χ1v) is 13.0. The van der Waals surface area contributed by atoms with Gasteiger partial charge < -0.3 is 20.6 Å². The van der Waals surface area contributed by atoms with Gasteiger partial charge in [0.25, 0.3) is 0 Å². The van der Waals surface area contributed by atoms with Crippen molar-refractivity contribution in [3.63, 3.8) is 0 Å². The van der Waals surface area contributed by atoms with E-state index in [4.69, 9.17) is 16.6 Å². The minimum atomic E-state index is -0.277. The Kier molecular flexibility index (Phi) is 6.57. The van der Waals surface area contributed by atoms with Crippen molar-refractivity contribution in [2.75, 3.05) is 33.5 Å². The Bertz CT molecular complexity index is 1470. The van der Waals surface area contributed by atoms with Gasteiger partial charge in [0.2, 0.25) is 5.95 Å². The molecular weight excluding hydrogens is 500 g/mol. The van der Waals surface area contributed by atoms with E-state index in [1.807, 2.05) is 60.7 Å². The van der Waals surface area contributed by atoms with E-state index in [1.165, 1.54) is 0 Å². The molecule has 0 unspecified atom stereocenters. The molecule has 2 amide bonds. The summed E-state index contributed by atoms with van der Waals surface area (Å²) in [6.07, 6.45) is 3.01. The molecule has 3 N–H and O–H groups in total. The maximum absolute atomic E-state index is 13.3. The van der Waals surface area contributed by atoms with Gasteiger partial charge in [0.05, 0.1) is 30.2 Å². The van der Waals surface area contributed by atoms with Crippen molar-refractivity contribution in [2.45, 2.75) is 25.5 Å². The average molecular weight is 527 g/mol. The SMILES string of the molecule is O=C1Nc2cnc(Nc3ccc(N4CCC(O)CC4)cc3)nc2-c2ccccc2N1Cc1ccccc1Cl. The summed E-state index contributed by atoms with van der Waals surface area (Å²) < 4.78 is 0. The zero-order chi connectivity index (χ0) is 26.1. The standard InChI is InChI=1S/C29H27ClN6O2/c30-24-7-3-1-5-19(24)18-36-26-8-4-2-6-23(26)27-25(33-29(36)38)17-31-28(34-27)32-20-9-11-21(12-10-20)35-15-13-22(37)14-16-35/h1-12,17,22,37H,13-16,18H2,(H,33,38)(H,31,32,34). The van der Waals surface area contributed by atoms with Crippen LogP contribution >= 0.6 is 11.6 Å². The molecule has 1 fully saturated rings. The van der Waals surface area contributed by atoms with E-state index in [0.29, 0.717) is 28.9 Å². The van der Waals surface area contributed by atoms with Crippen LogP contribution < -0.4 is 20.4 Å². The molecule has 2 aliphatic rings. The first-order valence-electron chi connectivity index (χ1n) is 12.6. The lowest BCUT2D eigenvalue weighted by molar-refractivity contribution is 0.145. The summed E-state index contributed by atoms with van der Waals surface area (Å²) in [5.41, 5.74) is 5.57. The van der Waals surface area contributed by atoms with Gasteiger partial charge in [0.15, 0.2) is 0 Å². The van der Waals surface area contributed by atoms with Crippen LogP contribution in [0.4, 0.5) is 33.5 Å². The monoisotopic (exact) mass is 526 g/mol. The lowest BCUT2D eigenvalue weighted by Crippen LogP contribution is -2.35. The molecule has 0 atom stereocenters. The van der Waals surface area contributed by atoms with Crippen LogP contribution in [0.15, 0.2) is 79.0 Å². The number of hydrogen-bond donors (Lipinski definition) is 3. The predicted molar refractivity (Wildman–Crippen MR) is 151 cm³/mol. The highest BCUT2D eigenvalue weighted by atomic mass is 35.5. The summed E-state index contributed by atoms with van der Waals surface area (Å²) in [7, 11) is 0. The smallest absolute Gasteiger partial charge is 0.326 e. The maximum atomic E-state index is 13.3. The first-order chi connectivity index (χ1) is 18.5. The van der Waals surface area contributed by atoms with Crippen LogP contribution in [0.3, 0.4) is 0 Å². The summed E-state index contributed by atoms with van der Waals surface area (Å²) in [6.45, 7) is 2.01. The van der Waals surface area contributed by atoms with Gasteiger partial charge in [-0.2, -0.15) is 0 Å². The van der Waals surface area contributed by atoms with Crippen LogP contribution in [0.5, 0.6) is 0 Å². The Balaban J connectivity index is 1.27. The van der Waals surface area contributed by atoms with Crippen molar-refractivity contribution in [1.82, 2.24) is 9.97 Å². The van der Waals surface area contributed by atoms with Gasteiger partial charge in [-0.05, 0) is 54.8 Å². The molecule has 38 heavy (non-hydrogen) atoms. The third-order valence-electron chi connectivity index (χ3n) is 6.96. The van der Waals surface area contributed by atoms with E-state index in [1.54, 1.807) is 11.1 Å². The second kappa shape index (κ2) is 10.3. The normalized spacial score (nSPS) is 15.4. The van der Waals surface area contributed by atoms with Gasteiger partial charge in [-0.25, -0.2) is 14.8 Å². The first kappa shape index (κ1) is 24.2. The molecule has 1 saturated heterocycles. The number of aliphatic hydroxyl groups is 1. The Hall–Kier alpha value is -4.14. The number of para-hydroxylation sites is 1. The van der Waals surface area contributed by atoms with Crippen molar-refractivity contribution in [2.24, 2.45) is 0 Å². The minimum absolute atomic E-state index is 0.198. The highest BCUT2D eigenvalue weighted by Crippen LogP contribution is 2.39. The molecule has 0 spiro atoms. The van der Waals surface area contributed by atoms with Gasteiger partial charge in [-0.3, -0.25) is 4.90 Å². The molecule has 2 aliphatic heterocycles. The molecule has 4 aromatic rings. The van der Waals surface area contributed by atoms with Gasteiger partial charge in [-0.1, -0.05) is 48.0 Å². The Labute approximate surface area is 225 Å². The summed E-state index contributed by atoms with van der Waals surface area (Å²) >= 11 is 6.40. The van der Waals surface area contributed by atoms with Crippen molar-refractivity contribution >= 4 is 46.3 Å². The molecular formula is C29H27ClN6O2. The molecule has 192 valence electrons. The molecule has 6 rings (SSSR count). The number of urea groups is 1. The lowest BCUT2D eigenvalue weighted by atomic mass is 10.1. The quantitative estimate of drug-likeness (QED) is 0.293. The predicted octanol–water partition coefficient (Wildman–Crippen LogP) is 6.05. The summed E-state index contributed by atoms with van der Waals surface area (Å²) in [5, 5.41) is 16.6. The van der Waals surface area contributed by atoms with Gasteiger partial charge in [0, 0.05) is 35.1 Å². The number of carbonyl (C=O) groups is 1. The maximum Gasteiger partial charge on any atom is 0.326 e. The van der Waals surface area contributed by atoms with Gasteiger partial charge in [0.1, 0.15) is 5.69 Å². The summed E-state index contributed by atoms with van der Waals surface area (Å²) in [5.74, 6) is 0.432. The number of nitrogens with one attached hydrogen (secondary N) is 2. The number of piperidine rings is 1. The largest absolute Gasteiger partial charge is 0.393 e. The Morgan fingerprint density at radius 1 is 1.00 bits per heavy atom. The minimum Gasteiger partial charge on any atom is -0.393 e. The number of hydrogen-bond acceptors (Lipinski definition) is 6. The van der Waals surface area contributed by atoms with Crippen LogP contribution in [0, 0.1) is 0 Å². The van der Waals surface area contributed by atoms with Gasteiger partial charge >= 0.3 is 6.03 Å². The van der Waals surface area contributed by atoms with Crippen molar-refractivity contribution in [3.8, 4) is 11.3 Å². The number of nitrogens with zero attached hydrogens (tertiary/aromatic N) is 4. The average Bonchev–Trinajstić information content (AvgIpc) is 3.05. The molecule has 0 aliphatic carbocycles. The number of halogens is 1. The fourth-order valence-corrected chi connectivity index (χ4v) is 5.10. The zero-order valence-electron chi connectivity index (χ0n) is 20.6. The van der Waals surface area contributed by atoms with Crippen molar-refractivity contribution < 1.29 is 9.90 Å². The van der Waals surface area contributed by atoms with Crippen LogP contribution in [0.2, 0.25) is 5.02 Å². The van der Waals surface area contributed by atoms with E-state index in [9.17, 15) is 9.90 Å². The number of aliphatic hydroxyl groups excluding tert-OH is 1. The highest BCUT2D eigenvalue weighted by molar-refractivity contribution is 6.31. The Morgan fingerprint density at radius 2 is 1.74 bits per heavy atom. The van der Waals surface area contributed by atoms with E-state index in [2.05, 4.69) is 32.7 Å². The second-order valence-corrected chi connectivity index (χ2v) is 9.88. The van der Waals surface area contributed by atoms with Crippen molar-refractivity contribution in [3.05, 3.63) is 89.6 Å². The number of amides is 2. The van der Waals surface area contributed by atoms with Crippen LogP contribution in [0.1, 0.15) is 18.4 Å². The number of anilines is 5. The third kappa shape index (κ3) is 4.88. The topological polar surface area (TPSA) is 93.6 Å². The molecule has 9 heteroatoms. The molecule has 0 radical (unpaired) electrons. The van der Waals surface area contributed by atoms with E-state index >= 15 is 0 Å². The van der Waals surface area contributed by atoms with Gasteiger partial charge in [-0.15, -0.1) is 0 Å². The summed E-state index contributed by atoms with van der Waals surface area (Å²) in [4.78, 5) is 26.5. The summed E-state index contributed by atoms with van der Waals surface area (Å²) in [6, 6.07) is 23.0. The van der Waals surface area contributed by atoms with E-state index < -0.39 is 0 Å². The third-order valence-corrected chi connectivity index (χ3v) is 7.33. The molecule has 0 bridgehead atoms. The highest BCUT2D eigenvalue weighted by Gasteiger charge is 2.27. The molecule has 3 aromatic carbocycles. The molecule has 1 aromatic heterocycles.